The number of carbonyl (C=O) groups is 2. The number of nitro groups is 2. The first-order valence-corrected chi connectivity index (χ1v) is 8.56. The summed E-state index contributed by atoms with van der Waals surface area (Å²) in [6.45, 7) is 4.88. The van der Waals surface area contributed by atoms with Crippen LogP contribution in [0.3, 0.4) is 0 Å². The Morgan fingerprint density at radius 1 is 1.17 bits per heavy atom. The Balaban J connectivity index is 2.48. The number of benzene rings is 1. The Kier molecular flexibility index (Phi) is 5.58. The summed E-state index contributed by atoms with van der Waals surface area (Å²) < 4.78 is 0. The van der Waals surface area contributed by atoms with Crippen molar-refractivity contribution in [3.63, 3.8) is 0 Å². The van der Waals surface area contributed by atoms with E-state index in [1.54, 1.807) is 20.8 Å². The fourth-order valence-electron chi connectivity index (χ4n) is 3.76. The number of carboxylic acids is 2. The number of nitrogens with one attached hydrogen (secondary N) is 1. The summed E-state index contributed by atoms with van der Waals surface area (Å²) in [6, 6.07) is 2.81. The second-order valence-electron chi connectivity index (χ2n) is 7.58. The van der Waals surface area contributed by atoms with Crippen LogP contribution in [0.25, 0.3) is 0 Å². The topological polar surface area (TPSA) is 185 Å². The molecule has 1 fully saturated rings. The van der Waals surface area contributed by atoms with E-state index >= 15 is 0 Å². The van der Waals surface area contributed by atoms with Gasteiger partial charge in [0.05, 0.1) is 21.8 Å². The van der Waals surface area contributed by atoms with Crippen LogP contribution in [0.4, 0.5) is 17.1 Å². The highest BCUT2D eigenvalue weighted by atomic mass is 16.6. The predicted molar refractivity (Wildman–Crippen MR) is 101 cm³/mol. The van der Waals surface area contributed by atoms with Crippen molar-refractivity contribution >= 4 is 34.7 Å². The third kappa shape index (κ3) is 3.73. The van der Waals surface area contributed by atoms with Gasteiger partial charge in [-0.25, -0.2) is 4.79 Å². The number of hydrazone groups is 1. The lowest BCUT2D eigenvalue weighted by Gasteiger charge is -2.39. The number of nitro benzene ring substituents is 2. The second-order valence-corrected chi connectivity index (χ2v) is 7.58. The molecular formula is C17H20N4O8. The zero-order valence-electron chi connectivity index (χ0n) is 15.9. The third-order valence-corrected chi connectivity index (χ3v) is 5.93. The van der Waals surface area contributed by atoms with E-state index in [1.807, 2.05) is 0 Å². The average molecular weight is 408 g/mol. The highest BCUT2D eigenvalue weighted by Crippen LogP contribution is 2.56. The van der Waals surface area contributed by atoms with Gasteiger partial charge in [-0.05, 0) is 24.3 Å². The van der Waals surface area contributed by atoms with Gasteiger partial charge in [0.25, 0.3) is 5.69 Å². The van der Waals surface area contributed by atoms with Gasteiger partial charge >= 0.3 is 17.6 Å². The molecule has 1 aliphatic rings. The lowest BCUT2D eigenvalue weighted by atomic mass is 9.63. The minimum absolute atomic E-state index is 0.228. The highest BCUT2D eigenvalue weighted by Gasteiger charge is 2.58. The van der Waals surface area contributed by atoms with E-state index in [0.29, 0.717) is 0 Å². The molecule has 2 atom stereocenters. The Hall–Kier alpha value is -3.57. The summed E-state index contributed by atoms with van der Waals surface area (Å²) in [7, 11) is 0. The zero-order chi connectivity index (χ0) is 22.1. The minimum atomic E-state index is -1.40. The maximum absolute atomic E-state index is 11.9. The van der Waals surface area contributed by atoms with E-state index in [4.69, 9.17) is 0 Å². The van der Waals surface area contributed by atoms with E-state index in [2.05, 4.69) is 10.5 Å². The Labute approximate surface area is 164 Å². The van der Waals surface area contributed by atoms with E-state index < -0.39 is 49.9 Å². The molecule has 12 nitrogen and oxygen atoms in total. The SMILES string of the molecule is CC1(C)[C@H](C(=O)O)CC[C@@]1(C)C(=NNc1ccc([N+](=O)[O-])cc1[N+](=O)[O-])C(=O)O. The van der Waals surface area contributed by atoms with Crippen LogP contribution in [0.2, 0.25) is 0 Å². The molecule has 29 heavy (non-hydrogen) atoms. The van der Waals surface area contributed by atoms with E-state index in [9.17, 15) is 40.0 Å². The van der Waals surface area contributed by atoms with Crippen molar-refractivity contribution in [2.45, 2.75) is 33.6 Å². The fourth-order valence-corrected chi connectivity index (χ4v) is 3.76. The van der Waals surface area contributed by atoms with Crippen molar-refractivity contribution in [2.75, 3.05) is 5.43 Å². The highest BCUT2D eigenvalue weighted by molar-refractivity contribution is 6.38. The molecule has 0 bridgehead atoms. The van der Waals surface area contributed by atoms with Gasteiger partial charge < -0.3 is 10.2 Å². The maximum atomic E-state index is 11.9. The van der Waals surface area contributed by atoms with E-state index in [0.717, 1.165) is 18.2 Å². The van der Waals surface area contributed by atoms with E-state index in [-0.39, 0.29) is 24.2 Å². The van der Waals surface area contributed by atoms with Crippen molar-refractivity contribution < 1.29 is 29.6 Å². The molecule has 12 heteroatoms. The molecule has 0 saturated heterocycles. The van der Waals surface area contributed by atoms with Crippen LogP contribution in [-0.4, -0.2) is 37.7 Å². The number of anilines is 1. The molecule has 1 aliphatic carbocycles. The van der Waals surface area contributed by atoms with Crippen molar-refractivity contribution in [3.8, 4) is 0 Å². The molecule has 0 unspecified atom stereocenters. The first-order chi connectivity index (χ1) is 13.3. The fraction of sp³-hybridized carbons (Fsp3) is 0.471. The second kappa shape index (κ2) is 7.45. The quantitative estimate of drug-likeness (QED) is 0.346. The molecule has 1 saturated carbocycles. The van der Waals surface area contributed by atoms with Crippen LogP contribution in [0.5, 0.6) is 0 Å². The Bertz CT molecular complexity index is 926. The van der Waals surface area contributed by atoms with Gasteiger partial charge in [0.15, 0.2) is 5.71 Å². The third-order valence-electron chi connectivity index (χ3n) is 5.93. The van der Waals surface area contributed by atoms with Crippen molar-refractivity contribution in [1.82, 2.24) is 0 Å². The molecule has 3 N–H and O–H groups in total. The summed E-state index contributed by atoms with van der Waals surface area (Å²) in [6.07, 6.45) is 0.495. The number of aliphatic carboxylic acids is 2. The minimum Gasteiger partial charge on any atom is -0.481 e. The van der Waals surface area contributed by atoms with Gasteiger partial charge in [-0.3, -0.25) is 30.4 Å². The van der Waals surface area contributed by atoms with Crippen molar-refractivity contribution in [3.05, 3.63) is 38.4 Å². The smallest absolute Gasteiger partial charge is 0.352 e. The standard InChI is InChI=1S/C17H20N4O8/c1-16(2)10(14(22)23)6-7-17(16,3)13(15(24)25)19-18-11-5-4-9(20(26)27)8-12(11)21(28)29/h4-5,8,10,18H,6-7H2,1-3H3,(H,22,23)(H,24,25)/t10-,17-/m0/s1. The molecule has 0 heterocycles. The number of nitrogens with zero attached hydrogens (tertiary/aromatic N) is 3. The van der Waals surface area contributed by atoms with Gasteiger partial charge in [-0.1, -0.05) is 20.8 Å². The maximum Gasteiger partial charge on any atom is 0.352 e. The largest absolute Gasteiger partial charge is 0.481 e. The van der Waals surface area contributed by atoms with Gasteiger partial charge in [0.1, 0.15) is 5.69 Å². The van der Waals surface area contributed by atoms with Crippen LogP contribution in [-0.2, 0) is 9.59 Å². The first kappa shape index (κ1) is 21.7. The van der Waals surface area contributed by atoms with Gasteiger partial charge in [-0.15, -0.1) is 0 Å². The van der Waals surface area contributed by atoms with E-state index in [1.165, 1.54) is 0 Å². The molecule has 0 spiro atoms. The van der Waals surface area contributed by atoms with Gasteiger partial charge in [0, 0.05) is 11.5 Å². The van der Waals surface area contributed by atoms with Crippen LogP contribution in [0, 0.1) is 37.0 Å². The van der Waals surface area contributed by atoms with Crippen LogP contribution >= 0.6 is 0 Å². The van der Waals surface area contributed by atoms with Crippen LogP contribution in [0.1, 0.15) is 33.6 Å². The lowest BCUT2D eigenvalue weighted by Crippen LogP contribution is -2.46. The van der Waals surface area contributed by atoms with Crippen molar-refractivity contribution in [1.29, 1.82) is 0 Å². The molecule has 0 aromatic heterocycles. The normalized spacial score (nSPS) is 23.4. The summed E-state index contributed by atoms with van der Waals surface area (Å²) in [5.74, 6) is -3.23. The molecular weight excluding hydrogens is 388 g/mol. The number of rotatable bonds is 7. The number of carboxylic acid groups (broad SMARTS) is 2. The Morgan fingerprint density at radius 3 is 2.24 bits per heavy atom. The summed E-state index contributed by atoms with van der Waals surface area (Å²) in [5, 5.41) is 45.0. The predicted octanol–water partition coefficient (Wildman–Crippen LogP) is 2.88. The molecule has 156 valence electrons. The van der Waals surface area contributed by atoms with Crippen LogP contribution in [0.15, 0.2) is 23.3 Å². The van der Waals surface area contributed by atoms with Gasteiger partial charge in [0.2, 0.25) is 0 Å². The molecule has 0 amide bonds. The number of hydrogen-bond donors (Lipinski definition) is 3. The summed E-state index contributed by atoms with van der Waals surface area (Å²) >= 11 is 0. The average Bonchev–Trinajstić information content (AvgIpc) is 2.84. The zero-order valence-corrected chi connectivity index (χ0v) is 15.9. The van der Waals surface area contributed by atoms with Crippen molar-refractivity contribution in [2.24, 2.45) is 21.8 Å². The molecule has 2 rings (SSSR count). The molecule has 1 aromatic rings. The summed E-state index contributed by atoms with van der Waals surface area (Å²) in [4.78, 5) is 43.9. The molecule has 0 aliphatic heterocycles. The summed E-state index contributed by atoms with van der Waals surface area (Å²) in [5.41, 5.74) is -1.52. The van der Waals surface area contributed by atoms with Crippen LogP contribution < -0.4 is 5.43 Å². The van der Waals surface area contributed by atoms with Gasteiger partial charge in [-0.2, -0.15) is 5.10 Å². The number of non-ortho nitro benzene ring substituents is 1. The first-order valence-electron chi connectivity index (χ1n) is 8.56. The lowest BCUT2D eigenvalue weighted by molar-refractivity contribution is -0.393. The Morgan fingerprint density at radius 2 is 1.79 bits per heavy atom. The molecule has 0 radical (unpaired) electrons. The monoisotopic (exact) mass is 408 g/mol. The molecule has 1 aromatic carbocycles. The number of hydrogen-bond acceptors (Lipinski definition) is 8.